The van der Waals surface area contributed by atoms with Crippen molar-refractivity contribution in [2.75, 3.05) is 19.6 Å². The van der Waals surface area contributed by atoms with Crippen LogP contribution in [0.5, 0.6) is 0 Å². The van der Waals surface area contributed by atoms with Gasteiger partial charge in [-0.15, -0.1) is 0 Å². The lowest BCUT2D eigenvalue weighted by Gasteiger charge is -2.35. The minimum Gasteiger partial charge on any atom is -0.315 e. The van der Waals surface area contributed by atoms with E-state index in [9.17, 15) is 0 Å². The van der Waals surface area contributed by atoms with Crippen molar-refractivity contribution < 1.29 is 0 Å². The van der Waals surface area contributed by atoms with Gasteiger partial charge in [0.1, 0.15) is 0 Å². The lowest BCUT2D eigenvalue weighted by Crippen LogP contribution is -2.40. The van der Waals surface area contributed by atoms with E-state index in [0.29, 0.717) is 17.5 Å². The fraction of sp³-hybridized carbons (Fsp3) is 0.625. The van der Waals surface area contributed by atoms with E-state index in [0.717, 1.165) is 6.54 Å². The number of rotatable bonds is 2. The lowest BCUT2D eigenvalue weighted by atomic mass is 10.0. The number of hydrogen-bond acceptors (Lipinski definition) is 2. The standard InChI is InChI=1S/C16H24N2/c1-13-10-17-11-16(8-9-16)12-18(13)14(2)15-6-4-3-5-7-15/h3-7,13-14,17H,8-12H2,1-2H3. The predicted molar refractivity (Wildman–Crippen MR) is 75.6 cm³/mol. The molecule has 0 bridgehead atoms. The Kier molecular flexibility index (Phi) is 3.16. The third-order valence-corrected chi connectivity index (χ3v) is 4.76. The van der Waals surface area contributed by atoms with E-state index in [-0.39, 0.29) is 0 Å². The van der Waals surface area contributed by atoms with Crippen molar-refractivity contribution >= 4 is 0 Å². The zero-order chi connectivity index (χ0) is 12.6. The quantitative estimate of drug-likeness (QED) is 0.860. The van der Waals surface area contributed by atoms with Gasteiger partial charge >= 0.3 is 0 Å². The molecule has 98 valence electrons. The highest BCUT2D eigenvalue weighted by atomic mass is 15.2. The van der Waals surface area contributed by atoms with Crippen molar-refractivity contribution in [3.8, 4) is 0 Å². The molecule has 1 aromatic rings. The van der Waals surface area contributed by atoms with E-state index in [2.05, 4.69) is 54.4 Å². The van der Waals surface area contributed by atoms with E-state index in [4.69, 9.17) is 0 Å². The molecule has 1 N–H and O–H groups in total. The average Bonchev–Trinajstić information content (AvgIpc) is 3.18. The fourth-order valence-corrected chi connectivity index (χ4v) is 3.22. The van der Waals surface area contributed by atoms with Crippen LogP contribution in [0, 0.1) is 5.41 Å². The zero-order valence-corrected chi connectivity index (χ0v) is 11.5. The molecule has 1 aliphatic heterocycles. The number of hydrogen-bond donors (Lipinski definition) is 1. The van der Waals surface area contributed by atoms with Crippen molar-refractivity contribution in [3.63, 3.8) is 0 Å². The van der Waals surface area contributed by atoms with Gasteiger partial charge in [-0.2, -0.15) is 0 Å². The number of nitrogens with one attached hydrogen (secondary N) is 1. The Morgan fingerprint density at radius 2 is 2.00 bits per heavy atom. The summed E-state index contributed by atoms with van der Waals surface area (Å²) in [4.78, 5) is 2.70. The summed E-state index contributed by atoms with van der Waals surface area (Å²) in [7, 11) is 0. The average molecular weight is 244 g/mol. The van der Waals surface area contributed by atoms with E-state index in [1.165, 1.54) is 31.5 Å². The van der Waals surface area contributed by atoms with Crippen molar-refractivity contribution in [2.24, 2.45) is 5.41 Å². The van der Waals surface area contributed by atoms with Crippen molar-refractivity contribution in [1.29, 1.82) is 0 Å². The maximum absolute atomic E-state index is 3.64. The summed E-state index contributed by atoms with van der Waals surface area (Å²) < 4.78 is 0. The van der Waals surface area contributed by atoms with E-state index >= 15 is 0 Å². The van der Waals surface area contributed by atoms with Crippen LogP contribution in [-0.4, -0.2) is 30.6 Å². The first-order valence-corrected chi connectivity index (χ1v) is 7.22. The summed E-state index contributed by atoms with van der Waals surface area (Å²) in [5.74, 6) is 0. The summed E-state index contributed by atoms with van der Waals surface area (Å²) in [5, 5.41) is 3.64. The van der Waals surface area contributed by atoms with E-state index in [1.807, 2.05) is 0 Å². The van der Waals surface area contributed by atoms with Gasteiger partial charge in [0.2, 0.25) is 0 Å². The molecule has 1 saturated carbocycles. The molecule has 2 unspecified atom stereocenters. The van der Waals surface area contributed by atoms with Gasteiger partial charge in [0.15, 0.2) is 0 Å². The van der Waals surface area contributed by atoms with Crippen LogP contribution < -0.4 is 5.32 Å². The van der Waals surface area contributed by atoms with Crippen LogP contribution in [-0.2, 0) is 0 Å². The van der Waals surface area contributed by atoms with Gasteiger partial charge in [-0.1, -0.05) is 30.3 Å². The van der Waals surface area contributed by atoms with Gasteiger partial charge in [-0.3, -0.25) is 4.90 Å². The normalized spacial score (nSPS) is 28.9. The van der Waals surface area contributed by atoms with Crippen LogP contribution >= 0.6 is 0 Å². The molecular formula is C16H24N2. The van der Waals surface area contributed by atoms with Gasteiger partial charge in [0.05, 0.1) is 0 Å². The smallest absolute Gasteiger partial charge is 0.0323 e. The van der Waals surface area contributed by atoms with Gasteiger partial charge < -0.3 is 5.32 Å². The highest BCUT2D eigenvalue weighted by molar-refractivity contribution is 5.19. The molecule has 1 heterocycles. The molecule has 2 nitrogen and oxygen atoms in total. The molecule has 18 heavy (non-hydrogen) atoms. The highest BCUT2D eigenvalue weighted by Gasteiger charge is 2.46. The molecule has 2 atom stereocenters. The molecule has 1 aromatic carbocycles. The molecule has 1 spiro atoms. The largest absolute Gasteiger partial charge is 0.315 e. The second-order valence-corrected chi connectivity index (χ2v) is 6.24. The monoisotopic (exact) mass is 244 g/mol. The van der Waals surface area contributed by atoms with Crippen LogP contribution in [0.1, 0.15) is 38.3 Å². The van der Waals surface area contributed by atoms with Crippen LogP contribution in [0.25, 0.3) is 0 Å². The maximum Gasteiger partial charge on any atom is 0.0323 e. The Balaban J connectivity index is 1.80. The van der Waals surface area contributed by atoms with Gasteiger partial charge in [-0.25, -0.2) is 0 Å². The third-order valence-electron chi connectivity index (χ3n) is 4.76. The third kappa shape index (κ3) is 2.32. The fourth-order valence-electron chi connectivity index (χ4n) is 3.22. The van der Waals surface area contributed by atoms with Crippen LogP contribution in [0.15, 0.2) is 30.3 Å². The Hall–Kier alpha value is -0.860. The Morgan fingerprint density at radius 3 is 2.67 bits per heavy atom. The van der Waals surface area contributed by atoms with Gasteiger partial charge in [0.25, 0.3) is 0 Å². The lowest BCUT2D eigenvalue weighted by molar-refractivity contribution is 0.141. The summed E-state index contributed by atoms with van der Waals surface area (Å²) in [6.07, 6.45) is 2.81. The molecule has 0 amide bonds. The molecule has 0 radical (unpaired) electrons. The Morgan fingerprint density at radius 1 is 1.28 bits per heavy atom. The second kappa shape index (κ2) is 4.67. The topological polar surface area (TPSA) is 15.3 Å². The first-order chi connectivity index (χ1) is 8.70. The Bertz CT molecular complexity index is 397. The predicted octanol–water partition coefficient (Wildman–Crippen LogP) is 2.82. The number of benzene rings is 1. The number of nitrogens with zero attached hydrogens (tertiary/aromatic N) is 1. The first kappa shape index (κ1) is 12.2. The maximum atomic E-state index is 3.64. The van der Waals surface area contributed by atoms with Crippen molar-refractivity contribution in [1.82, 2.24) is 10.2 Å². The molecule has 2 heteroatoms. The first-order valence-electron chi connectivity index (χ1n) is 7.22. The molecule has 1 aliphatic carbocycles. The summed E-state index contributed by atoms with van der Waals surface area (Å²) in [5.41, 5.74) is 2.04. The zero-order valence-electron chi connectivity index (χ0n) is 11.5. The molecular weight excluding hydrogens is 220 g/mol. The molecule has 1 saturated heterocycles. The van der Waals surface area contributed by atoms with Crippen molar-refractivity contribution in [3.05, 3.63) is 35.9 Å². The minimum absolute atomic E-state index is 0.526. The molecule has 2 fully saturated rings. The SMILES string of the molecule is CC1CNCC2(CC2)CN1C(C)c1ccccc1. The summed E-state index contributed by atoms with van der Waals surface area (Å²) in [6.45, 7) is 8.31. The molecule has 2 aliphatic rings. The van der Waals surface area contributed by atoms with Gasteiger partial charge in [0, 0.05) is 31.7 Å². The minimum atomic E-state index is 0.526. The second-order valence-electron chi connectivity index (χ2n) is 6.24. The molecule has 3 rings (SSSR count). The highest BCUT2D eigenvalue weighted by Crippen LogP contribution is 2.47. The molecule has 0 aromatic heterocycles. The van der Waals surface area contributed by atoms with Crippen LogP contribution in [0.4, 0.5) is 0 Å². The van der Waals surface area contributed by atoms with Crippen molar-refractivity contribution in [2.45, 2.75) is 38.8 Å². The summed E-state index contributed by atoms with van der Waals surface area (Å²) >= 11 is 0. The van der Waals surface area contributed by atoms with Crippen LogP contribution in [0.2, 0.25) is 0 Å². The van der Waals surface area contributed by atoms with E-state index < -0.39 is 0 Å². The summed E-state index contributed by atoms with van der Waals surface area (Å²) in [6, 6.07) is 12.1. The van der Waals surface area contributed by atoms with E-state index in [1.54, 1.807) is 0 Å². The Labute approximate surface area is 110 Å². The van der Waals surface area contributed by atoms with Gasteiger partial charge in [-0.05, 0) is 37.7 Å². The van der Waals surface area contributed by atoms with Crippen LogP contribution in [0.3, 0.4) is 0 Å².